The number of benzene rings is 2. The molecule has 0 bridgehead atoms. The lowest BCUT2D eigenvalue weighted by Gasteiger charge is -2.09. The van der Waals surface area contributed by atoms with Gasteiger partial charge in [0, 0.05) is 26.5 Å². The van der Waals surface area contributed by atoms with Gasteiger partial charge < -0.3 is 0 Å². The Bertz CT molecular complexity index is 529. The Balaban J connectivity index is 2.64. The molecule has 2 aromatic carbocycles. The molecule has 2 rings (SSSR count). The van der Waals surface area contributed by atoms with E-state index >= 15 is 0 Å². The van der Waals surface area contributed by atoms with Crippen LogP contribution in [0.3, 0.4) is 0 Å². The summed E-state index contributed by atoms with van der Waals surface area (Å²) >= 11 is 24.2. The van der Waals surface area contributed by atoms with Crippen molar-refractivity contribution in [3.05, 3.63) is 57.0 Å². The van der Waals surface area contributed by atoms with E-state index in [4.69, 9.17) is 46.4 Å². The number of hydrogen-bond acceptors (Lipinski definition) is 0. The Labute approximate surface area is 120 Å². The Morgan fingerprint density at radius 3 is 2.12 bits per heavy atom. The van der Waals surface area contributed by atoms with Crippen LogP contribution in [0.15, 0.2) is 36.4 Å². The average Bonchev–Trinajstić information content (AvgIpc) is 2.28. The van der Waals surface area contributed by atoms with Crippen molar-refractivity contribution >= 4 is 46.4 Å². The summed E-state index contributed by atoms with van der Waals surface area (Å²) in [6, 6.07) is 11.0. The van der Waals surface area contributed by atoms with Crippen molar-refractivity contribution in [2.75, 3.05) is 0 Å². The van der Waals surface area contributed by atoms with Crippen LogP contribution >= 0.6 is 46.4 Å². The van der Waals surface area contributed by atoms with Crippen LogP contribution in [0.25, 0.3) is 11.1 Å². The SMILES string of the molecule is ClCc1cc(Cl)cc(-c2c(Cl)cccc2Cl)c1. The molecule has 0 N–H and O–H groups in total. The molecule has 0 unspecified atom stereocenters. The highest BCUT2D eigenvalue weighted by molar-refractivity contribution is 6.39. The molecule has 0 aromatic heterocycles. The number of rotatable bonds is 2. The van der Waals surface area contributed by atoms with E-state index in [9.17, 15) is 0 Å². The van der Waals surface area contributed by atoms with Gasteiger partial charge in [0.05, 0.1) is 0 Å². The van der Waals surface area contributed by atoms with Gasteiger partial charge in [0.15, 0.2) is 0 Å². The first kappa shape index (κ1) is 13.0. The molecule has 88 valence electrons. The van der Waals surface area contributed by atoms with Crippen LogP contribution in [0.5, 0.6) is 0 Å². The van der Waals surface area contributed by atoms with E-state index in [1.165, 1.54) is 0 Å². The largest absolute Gasteiger partial charge is 0.122 e. The smallest absolute Gasteiger partial charge is 0.0499 e. The molecule has 0 aliphatic rings. The molecule has 0 aliphatic carbocycles. The second-order valence-corrected chi connectivity index (χ2v) is 5.10. The molecule has 4 heteroatoms. The predicted octanol–water partition coefficient (Wildman–Crippen LogP) is 6.05. The lowest BCUT2D eigenvalue weighted by atomic mass is 10.0. The van der Waals surface area contributed by atoms with Crippen molar-refractivity contribution < 1.29 is 0 Å². The maximum absolute atomic E-state index is 6.15. The Morgan fingerprint density at radius 2 is 1.53 bits per heavy atom. The third-order valence-electron chi connectivity index (χ3n) is 2.36. The summed E-state index contributed by atoms with van der Waals surface area (Å²) in [6.45, 7) is 0. The first-order chi connectivity index (χ1) is 8.11. The Morgan fingerprint density at radius 1 is 0.882 bits per heavy atom. The van der Waals surface area contributed by atoms with Crippen LogP contribution in [-0.2, 0) is 5.88 Å². The van der Waals surface area contributed by atoms with E-state index in [2.05, 4.69) is 0 Å². The van der Waals surface area contributed by atoms with Crippen molar-refractivity contribution in [2.24, 2.45) is 0 Å². The standard InChI is InChI=1S/C13H8Cl4/c14-7-8-4-9(6-10(15)5-8)13-11(16)2-1-3-12(13)17/h1-6H,7H2. The van der Waals surface area contributed by atoms with E-state index in [0.717, 1.165) is 16.7 Å². The van der Waals surface area contributed by atoms with Crippen LogP contribution in [0.4, 0.5) is 0 Å². The van der Waals surface area contributed by atoms with Crippen LogP contribution in [0, 0.1) is 0 Å². The van der Waals surface area contributed by atoms with Gasteiger partial charge >= 0.3 is 0 Å². The van der Waals surface area contributed by atoms with Gasteiger partial charge in [0.1, 0.15) is 0 Å². The molecular weight excluding hydrogens is 298 g/mol. The van der Waals surface area contributed by atoms with Crippen LogP contribution < -0.4 is 0 Å². The van der Waals surface area contributed by atoms with Crippen molar-refractivity contribution in [3.8, 4) is 11.1 Å². The van der Waals surface area contributed by atoms with Gasteiger partial charge in [0.2, 0.25) is 0 Å². The lowest BCUT2D eigenvalue weighted by molar-refractivity contribution is 1.40. The highest BCUT2D eigenvalue weighted by Gasteiger charge is 2.09. The molecule has 0 atom stereocenters. The molecule has 0 fully saturated rings. The molecule has 2 aromatic rings. The van der Waals surface area contributed by atoms with Gasteiger partial charge in [-0.15, -0.1) is 11.6 Å². The van der Waals surface area contributed by atoms with Crippen molar-refractivity contribution in [3.63, 3.8) is 0 Å². The van der Waals surface area contributed by atoms with Gasteiger partial charge in [-0.2, -0.15) is 0 Å². The zero-order valence-electron chi connectivity index (χ0n) is 8.68. The van der Waals surface area contributed by atoms with E-state index in [1.807, 2.05) is 18.2 Å². The van der Waals surface area contributed by atoms with Gasteiger partial charge in [-0.3, -0.25) is 0 Å². The quantitative estimate of drug-likeness (QED) is 0.592. The third kappa shape index (κ3) is 2.89. The summed E-state index contributed by atoms with van der Waals surface area (Å²) in [6.07, 6.45) is 0. The van der Waals surface area contributed by atoms with Gasteiger partial charge in [-0.1, -0.05) is 40.9 Å². The molecule has 0 heterocycles. The van der Waals surface area contributed by atoms with E-state index in [1.54, 1.807) is 18.2 Å². The van der Waals surface area contributed by atoms with Crippen molar-refractivity contribution in [1.82, 2.24) is 0 Å². The van der Waals surface area contributed by atoms with Gasteiger partial charge in [0.25, 0.3) is 0 Å². The molecule has 0 nitrogen and oxygen atoms in total. The first-order valence-corrected chi connectivity index (χ1v) is 6.58. The highest BCUT2D eigenvalue weighted by atomic mass is 35.5. The van der Waals surface area contributed by atoms with Gasteiger partial charge in [-0.05, 0) is 41.5 Å². The second kappa shape index (κ2) is 5.49. The molecule has 17 heavy (non-hydrogen) atoms. The summed E-state index contributed by atoms with van der Waals surface area (Å²) in [5.41, 5.74) is 2.60. The monoisotopic (exact) mass is 304 g/mol. The highest BCUT2D eigenvalue weighted by Crippen LogP contribution is 2.36. The Hall–Kier alpha value is -0.400. The lowest BCUT2D eigenvalue weighted by Crippen LogP contribution is -1.85. The minimum absolute atomic E-state index is 0.398. The fourth-order valence-corrected chi connectivity index (χ4v) is 2.67. The summed E-state index contributed by atoms with van der Waals surface area (Å²) in [7, 11) is 0. The average molecular weight is 306 g/mol. The van der Waals surface area contributed by atoms with Crippen LogP contribution in [0.2, 0.25) is 15.1 Å². The molecule has 0 saturated carbocycles. The maximum atomic E-state index is 6.15. The van der Waals surface area contributed by atoms with Gasteiger partial charge in [-0.25, -0.2) is 0 Å². The van der Waals surface area contributed by atoms with Crippen LogP contribution in [-0.4, -0.2) is 0 Å². The summed E-state index contributed by atoms with van der Waals surface area (Å²) in [5.74, 6) is 0.398. The fourth-order valence-electron chi connectivity index (χ4n) is 1.65. The summed E-state index contributed by atoms with van der Waals surface area (Å²) < 4.78 is 0. The predicted molar refractivity (Wildman–Crippen MR) is 76.5 cm³/mol. The minimum atomic E-state index is 0.398. The zero-order chi connectivity index (χ0) is 12.4. The second-order valence-electron chi connectivity index (χ2n) is 3.58. The number of alkyl halides is 1. The van der Waals surface area contributed by atoms with E-state index in [-0.39, 0.29) is 0 Å². The fraction of sp³-hybridized carbons (Fsp3) is 0.0769. The maximum Gasteiger partial charge on any atom is 0.0499 e. The van der Waals surface area contributed by atoms with Crippen molar-refractivity contribution in [2.45, 2.75) is 5.88 Å². The van der Waals surface area contributed by atoms with Crippen molar-refractivity contribution in [1.29, 1.82) is 0 Å². The van der Waals surface area contributed by atoms with Crippen LogP contribution in [0.1, 0.15) is 5.56 Å². The Kier molecular flexibility index (Phi) is 4.22. The summed E-state index contributed by atoms with van der Waals surface area (Å²) in [4.78, 5) is 0. The third-order valence-corrected chi connectivity index (χ3v) is 3.52. The number of halogens is 4. The van der Waals surface area contributed by atoms with E-state index in [0.29, 0.717) is 20.9 Å². The topological polar surface area (TPSA) is 0 Å². The number of hydrogen-bond donors (Lipinski definition) is 0. The molecular formula is C13H8Cl4. The summed E-state index contributed by atoms with van der Waals surface area (Å²) in [5, 5.41) is 1.81. The zero-order valence-corrected chi connectivity index (χ0v) is 11.7. The molecule has 0 saturated heterocycles. The minimum Gasteiger partial charge on any atom is -0.122 e. The molecule has 0 spiro atoms. The molecule has 0 amide bonds. The van der Waals surface area contributed by atoms with E-state index < -0.39 is 0 Å². The molecule has 0 aliphatic heterocycles. The normalized spacial score (nSPS) is 10.6. The first-order valence-electron chi connectivity index (χ1n) is 4.91. The molecule has 0 radical (unpaired) electrons.